The van der Waals surface area contributed by atoms with Crippen LogP contribution in [0.3, 0.4) is 0 Å². The quantitative estimate of drug-likeness (QED) is 0.420. The fourth-order valence-electron chi connectivity index (χ4n) is 3.17. The molecule has 0 saturated heterocycles. The van der Waals surface area contributed by atoms with Crippen LogP contribution in [0.25, 0.3) is 22.2 Å². The summed E-state index contributed by atoms with van der Waals surface area (Å²) in [4.78, 5) is 18.0. The van der Waals surface area contributed by atoms with Gasteiger partial charge in [-0.3, -0.25) is 4.79 Å². The summed E-state index contributed by atoms with van der Waals surface area (Å²) < 4.78 is 14.0. The van der Waals surface area contributed by atoms with Crippen LogP contribution < -0.4 is 5.32 Å². The van der Waals surface area contributed by atoms with E-state index in [0.29, 0.717) is 11.3 Å². The Labute approximate surface area is 170 Å². The van der Waals surface area contributed by atoms with E-state index in [4.69, 9.17) is 4.98 Å². The van der Waals surface area contributed by atoms with E-state index < -0.39 is 5.82 Å². The molecule has 1 aromatic heterocycles. The van der Waals surface area contributed by atoms with E-state index in [0.717, 1.165) is 32.2 Å². The minimum Gasteiger partial charge on any atom is -0.321 e. The van der Waals surface area contributed by atoms with Gasteiger partial charge in [0, 0.05) is 27.2 Å². The SMILES string of the molecule is Cc1c(-c2ccccc2)nc2ccc(Br)cc2c1C(=O)Nc1[c]cc(F)cc1. The Bertz CT molecular complexity index is 1170. The van der Waals surface area contributed by atoms with Crippen LogP contribution in [0.5, 0.6) is 0 Å². The summed E-state index contributed by atoms with van der Waals surface area (Å²) in [5, 5.41) is 3.55. The number of anilines is 1. The van der Waals surface area contributed by atoms with Crippen molar-refractivity contribution in [3.05, 3.63) is 94.2 Å². The average molecular weight is 434 g/mol. The summed E-state index contributed by atoms with van der Waals surface area (Å²) in [5.41, 5.74) is 4.13. The molecule has 1 N–H and O–H groups in total. The number of carbonyl (C=O) groups excluding carboxylic acids is 1. The van der Waals surface area contributed by atoms with Gasteiger partial charge in [0.25, 0.3) is 5.91 Å². The molecule has 137 valence electrons. The van der Waals surface area contributed by atoms with E-state index in [2.05, 4.69) is 27.3 Å². The van der Waals surface area contributed by atoms with Crippen LogP contribution in [-0.4, -0.2) is 10.9 Å². The largest absolute Gasteiger partial charge is 0.321 e. The van der Waals surface area contributed by atoms with Gasteiger partial charge >= 0.3 is 0 Å². The van der Waals surface area contributed by atoms with Crippen molar-refractivity contribution in [3.63, 3.8) is 0 Å². The first-order chi connectivity index (χ1) is 13.5. The zero-order valence-electron chi connectivity index (χ0n) is 15.0. The third kappa shape index (κ3) is 3.53. The minimum absolute atomic E-state index is 0.289. The minimum atomic E-state index is -0.404. The lowest BCUT2D eigenvalue weighted by Gasteiger charge is -2.15. The number of rotatable bonds is 3. The topological polar surface area (TPSA) is 42.0 Å². The highest BCUT2D eigenvalue weighted by molar-refractivity contribution is 9.10. The number of nitrogens with one attached hydrogen (secondary N) is 1. The van der Waals surface area contributed by atoms with E-state index in [-0.39, 0.29) is 5.91 Å². The Hall–Kier alpha value is -3.05. The van der Waals surface area contributed by atoms with Crippen LogP contribution in [-0.2, 0) is 0 Å². The second-order valence-corrected chi connectivity index (χ2v) is 7.28. The molecule has 0 saturated carbocycles. The van der Waals surface area contributed by atoms with Gasteiger partial charge in [0.2, 0.25) is 0 Å². The first-order valence-electron chi connectivity index (χ1n) is 8.67. The molecule has 1 heterocycles. The molecule has 3 aromatic carbocycles. The van der Waals surface area contributed by atoms with Gasteiger partial charge in [-0.15, -0.1) is 0 Å². The second kappa shape index (κ2) is 7.52. The summed E-state index contributed by atoms with van der Waals surface area (Å²) in [5.74, 6) is -0.693. The van der Waals surface area contributed by atoms with Gasteiger partial charge in [-0.25, -0.2) is 9.37 Å². The summed E-state index contributed by atoms with van der Waals surface area (Å²) in [6.07, 6.45) is 0. The zero-order chi connectivity index (χ0) is 19.7. The molecular weight excluding hydrogens is 419 g/mol. The Balaban J connectivity index is 1.89. The number of hydrogen-bond acceptors (Lipinski definition) is 2. The number of carbonyl (C=O) groups is 1. The van der Waals surface area contributed by atoms with Gasteiger partial charge in [-0.05, 0) is 48.9 Å². The smallest absolute Gasteiger partial charge is 0.256 e. The Morgan fingerprint density at radius 2 is 1.89 bits per heavy atom. The third-order valence-electron chi connectivity index (χ3n) is 4.49. The molecule has 0 aliphatic rings. The summed E-state index contributed by atoms with van der Waals surface area (Å²) >= 11 is 3.47. The van der Waals surface area contributed by atoms with Gasteiger partial charge in [-0.2, -0.15) is 0 Å². The summed E-state index contributed by atoms with van der Waals surface area (Å²) in [7, 11) is 0. The molecule has 1 radical (unpaired) electrons. The molecule has 0 bridgehead atoms. The molecular formula is C23H15BrFN2O. The van der Waals surface area contributed by atoms with E-state index >= 15 is 0 Å². The number of aromatic nitrogens is 1. The molecule has 3 nitrogen and oxygen atoms in total. The highest BCUT2D eigenvalue weighted by atomic mass is 79.9. The van der Waals surface area contributed by atoms with Crippen LogP contribution >= 0.6 is 15.9 Å². The second-order valence-electron chi connectivity index (χ2n) is 6.36. The number of benzene rings is 3. The van der Waals surface area contributed by atoms with Crippen molar-refractivity contribution >= 4 is 38.4 Å². The lowest BCUT2D eigenvalue weighted by atomic mass is 9.97. The Kier molecular flexibility index (Phi) is 4.92. The average Bonchev–Trinajstić information content (AvgIpc) is 2.70. The first-order valence-corrected chi connectivity index (χ1v) is 9.46. The van der Waals surface area contributed by atoms with E-state index in [1.807, 2.05) is 55.5 Å². The van der Waals surface area contributed by atoms with Crippen molar-refractivity contribution in [1.82, 2.24) is 4.98 Å². The van der Waals surface area contributed by atoms with Crippen molar-refractivity contribution in [2.45, 2.75) is 6.92 Å². The van der Waals surface area contributed by atoms with Gasteiger partial charge < -0.3 is 5.32 Å². The van der Waals surface area contributed by atoms with Crippen molar-refractivity contribution < 1.29 is 9.18 Å². The number of fused-ring (bicyclic) bond motifs is 1. The highest BCUT2D eigenvalue weighted by Crippen LogP contribution is 2.31. The van der Waals surface area contributed by atoms with Crippen LogP contribution in [0, 0.1) is 18.8 Å². The van der Waals surface area contributed by atoms with E-state index in [1.54, 1.807) is 0 Å². The molecule has 0 fully saturated rings. The van der Waals surface area contributed by atoms with Gasteiger partial charge in [0.15, 0.2) is 0 Å². The van der Waals surface area contributed by atoms with Gasteiger partial charge in [0.05, 0.1) is 16.8 Å². The van der Waals surface area contributed by atoms with E-state index in [1.165, 1.54) is 18.2 Å². The molecule has 0 aliphatic carbocycles. The molecule has 0 aliphatic heterocycles. The van der Waals surface area contributed by atoms with Crippen LogP contribution in [0.4, 0.5) is 10.1 Å². The summed E-state index contributed by atoms with van der Waals surface area (Å²) in [6, 6.07) is 22.1. The number of pyridine rings is 1. The monoisotopic (exact) mass is 433 g/mol. The van der Waals surface area contributed by atoms with Crippen LogP contribution in [0.15, 0.2) is 71.2 Å². The number of halogens is 2. The number of nitrogens with zero attached hydrogens (tertiary/aromatic N) is 1. The van der Waals surface area contributed by atoms with Crippen LogP contribution in [0.1, 0.15) is 15.9 Å². The fourth-order valence-corrected chi connectivity index (χ4v) is 3.53. The summed E-state index contributed by atoms with van der Waals surface area (Å²) in [6.45, 7) is 1.89. The standard InChI is InChI=1S/C23H15BrFN2O/c1-14-21(23(28)26-18-10-8-17(25)9-11-18)19-13-16(24)7-12-20(19)27-22(14)15-5-3-2-4-6-15/h2-10,12-13H,1H3,(H,26,28). The third-order valence-corrected chi connectivity index (χ3v) is 4.98. The number of hydrogen-bond donors (Lipinski definition) is 1. The van der Waals surface area contributed by atoms with Crippen molar-refractivity contribution in [1.29, 1.82) is 0 Å². The highest BCUT2D eigenvalue weighted by Gasteiger charge is 2.19. The van der Waals surface area contributed by atoms with Crippen LogP contribution in [0.2, 0.25) is 0 Å². The lowest BCUT2D eigenvalue weighted by Crippen LogP contribution is -2.15. The molecule has 1 amide bonds. The molecule has 4 rings (SSSR count). The Morgan fingerprint density at radius 1 is 1.11 bits per heavy atom. The van der Waals surface area contributed by atoms with E-state index in [9.17, 15) is 9.18 Å². The number of amides is 1. The molecule has 4 aromatic rings. The predicted octanol–water partition coefficient (Wildman–Crippen LogP) is 6.16. The maximum atomic E-state index is 13.2. The maximum Gasteiger partial charge on any atom is 0.256 e. The van der Waals surface area contributed by atoms with Crippen molar-refractivity contribution in [3.8, 4) is 11.3 Å². The van der Waals surface area contributed by atoms with Gasteiger partial charge in [-0.1, -0.05) is 46.3 Å². The Morgan fingerprint density at radius 3 is 2.61 bits per heavy atom. The first kappa shape index (κ1) is 18.3. The fraction of sp³-hybridized carbons (Fsp3) is 0.0435. The normalized spacial score (nSPS) is 10.8. The van der Waals surface area contributed by atoms with Crippen molar-refractivity contribution in [2.24, 2.45) is 0 Å². The molecule has 28 heavy (non-hydrogen) atoms. The molecule has 0 atom stereocenters. The molecule has 5 heteroatoms. The molecule has 0 spiro atoms. The zero-order valence-corrected chi connectivity index (χ0v) is 16.5. The lowest BCUT2D eigenvalue weighted by molar-refractivity contribution is 0.102. The van der Waals surface area contributed by atoms with Gasteiger partial charge in [0.1, 0.15) is 5.82 Å². The van der Waals surface area contributed by atoms with Crippen molar-refractivity contribution in [2.75, 3.05) is 5.32 Å². The predicted molar refractivity (Wildman–Crippen MR) is 113 cm³/mol. The maximum absolute atomic E-state index is 13.2. The molecule has 0 unspecified atom stereocenters.